The molecule has 2 amide bonds. The van der Waals surface area contributed by atoms with E-state index in [4.69, 9.17) is 34.8 Å². The Labute approximate surface area is 257 Å². The molecule has 3 aromatic carbocycles. The summed E-state index contributed by atoms with van der Waals surface area (Å²) >= 11 is 19.0. The Kier molecular flexibility index (Phi) is 11.2. The molecule has 0 saturated carbocycles. The number of nitrogens with zero attached hydrogens (tertiary/aromatic N) is 2. The van der Waals surface area contributed by atoms with Crippen molar-refractivity contribution in [3.05, 3.63) is 92.9 Å². The highest BCUT2D eigenvalue weighted by molar-refractivity contribution is 7.92. The Morgan fingerprint density at radius 2 is 1.52 bits per heavy atom. The Morgan fingerprint density at radius 1 is 0.905 bits per heavy atom. The number of alkyl halides is 3. The molecule has 0 fully saturated rings. The van der Waals surface area contributed by atoms with Crippen molar-refractivity contribution in [3.63, 3.8) is 0 Å². The second-order valence-electron chi connectivity index (χ2n) is 9.03. The monoisotopic (exact) mass is 663 g/mol. The van der Waals surface area contributed by atoms with Gasteiger partial charge in [-0.2, -0.15) is 13.2 Å². The van der Waals surface area contributed by atoms with Crippen LogP contribution in [-0.4, -0.2) is 44.3 Å². The summed E-state index contributed by atoms with van der Waals surface area (Å²) in [6.07, 6.45) is -4.71. The molecular formula is C28H27Cl3F3N3O4S. The minimum Gasteiger partial charge on any atom is -0.355 e. The first kappa shape index (κ1) is 33.5. The summed E-state index contributed by atoms with van der Waals surface area (Å²) in [7, 11) is -4.64. The number of nitrogens with one attached hydrogen (secondary N) is 1. The highest BCUT2D eigenvalue weighted by Gasteiger charge is 2.37. The van der Waals surface area contributed by atoms with Crippen LogP contribution in [0.1, 0.15) is 31.4 Å². The minimum absolute atomic E-state index is 0.120. The van der Waals surface area contributed by atoms with Crippen LogP contribution in [0.15, 0.2) is 71.6 Å². The Morgan fingerprint density at radius 3 is 2.07 bits per heavy atom. The molecule has 226 valence electrons. The molecule has 1 atom stereocenters. The van der Waals surface area contributed by atoms with E-state index in [2.05, 4.69) is 5.32 Å². The highest BCUT2D eigenvalue weighted by atomic mass is 35.5. The van der Waals surface area contributed by atoms with Crippen LogP contribution < -0.4 is 9.62 Å². The molecule has 0 aliphatic heterocycles. The first-order chi connectivity index (χ1) is 19.7. The molecule has 3 aromatic rings. The second-order valence-corrected chi connectivity index (χ2v) is 12.1. The van der Waals surface area contributed by atoms with Crippen LogP contribution >= 0.6 is 34.8 Å². The molecule has 42 heavy (non-hydrogen) atoms. The Balaban J connectivity index is 2.19. The van der Waals surface area contributed by atoms with Crippen LogP contribution in [0, 0.1) is 0 Å². The summed E-state index contributed by atoms with van der Waals surface area (Å²) in [5.74, 6) is -1.43. The number of rotatable bonds is 11. The van der Waals surface area contributed by atoms with E-state index in [0.29, 0.717) is 22.0 Å². The first-order valence-corrected chi connectivity index (χ1v) is 15.2. The maximum absolute atomic E-state index is 14.0. The number of carbonyl (C=O) groups excluding carboxylic acids is 2. The summed E-state index contributed by atoms with van der Waals surface area (Å²) in [6, 6.07) is 12.6. The van der Waals surface area contributed by atoms with Gasteiger partial charge in [0.1, 0.15) is 12.6 Å². The Bertz CT molecular complexity index is 1520. The van der Waals surface area contributed by atoms with Gasteiger partial charge < -0.3 is 10.2 Å². The maximum Gasteiger partial charge on any atom is 0.416 e. The molecule has 0 spiro atoms. The topological polar surface area (TPSA) is 86.8 Å². The zero-order chi connectivity index (χ0) is 31.2. The van der Waals surface area contributed by atoms with Gasteiger partial charge in [0.05, 0.1) is 21.2 Å². The molecule has 3 rings (SSSR count). The molecule has 0 heterocycles. The SMILES string of the molecule is CCNC(=O)[C@@H](CC)N(Cc1c(Cl)cccc1Cl)C(=O)CN(c1cc(C(F)(F)F)ccc1Cl)S(=O)(=O)c1ccccc1. The fourth-order valence-electron chi connectivity index (χ4n) is 4.18. The Hall–Kier alpha value is -2.99. The molecular weight excluding hydrogens is 638 g/mol. The largest absolute Gasteiger partial charge is 0.416 e. The number of sulfonamides is 1. The van der Waals surface area contributed by atoms with E-state index >= 15 is 0 Å². The summed E-state index contributed by atoms with van der Waals surface area (Å²) in [4.78, 5) is 27.9. The zero-order valence-electron chi connectivity index (χ0n) is 22.5. The fourth-order valence-corrected chi connectivity index (χ4v) is 6.41. The lowest BCUT2D eigenvalue weighted by Gasteiger charge is -2.33. The summed E-state index contributed by atoms with van der Waals surface area (Å²) in [6.45, 7) is 2.30. The van der Waals surface area contributed by atoms with Crippen LogP contribution in [0.2, 0.25) is 15.1 Å². The number of halogens is 6. The van der Waals surface area contributed by atoms with E-state index in [9.17, 15) is 31.2 Å². The lowest BCUT2D eigenvalue weighted by molar-refractivity contribution is -0.140. The van der Waals surface area contributed by atoms with Gasteiger partial charge in [-0.25, -0.2) is 8.42 Å². The van der Waals surface area contributed by atoms with E-state index < -0.39 is 51.9 Å². The molecule has 14 heteroatoms. The fraction of sp³-hybridized carbons (Fsp3) is 0.286. The lowest BCUT2D eigenvalue weighted by atomic mass is 10.1. The van der Waals surface area contributed by atoms with Gasteiger partial charge >= 0.3 is 6.18 Å². The van der Waals surface area contributed by atoms with Crippen molar-refractivity contribution in [2.24, 2.45) is 0 Å². The quantitative estimate of drug-likeness (QED) is 0.244. The smallest absolute Gasteiger partial charge is 0.355 e. The number of hydrogen-bond donors (Lipinski definition) is 1. The third-order valence-corrected chi connectivity index (χ3v) is 9.08. The zero-order valence-corrected chi connectivity index (χ0v) is 25.5. The number of hydrogen-bond acceptors (Lipinski definition) is 4. The minimum atomic E-state index is -4.83. The molecule has 0 aliphatic rings. The van der Waals surface area contributed by atoms with Gasteiger partial charge in [-0.3, -0.25) is 13.9 Å². The number of benzene rings is 3. The molecule has 0 bridgehead atoms. The average molecular weight is 665 g/mol. The number of anilines is 1. The van der Waals surface area contributed by atoms with Gasteiger partial charge in [0.15, 0.2) is 0 Å². The van der Waals surface area contributed by atoms with E-state index in [1.807, 2.05) is 0 Å². The van der Waals surface area contributed by atoms with Crippen molar-refractivity contribution >= 4 is 62.3 Å². The molecule has 7 nitrogen and oxygen atoms in total. The van der Waals surface area contributed by atoms with Crippen LogP contribution in [0.4, 0.5) is 18.9 Å². The molecule has 0 saturated heterocycles. The predicted octanol–water partition coefficient (Wildman–Crippen LogP) is 6.80. The maximum atomic E-state index is 14.0. The summed E-state index contributed by atoms with van der Waals surface area (Å²) in [5, 5.41) is 2.69. The number of carbonyl (C=O) groups is 2. The van der Waals surface area contributed by atoms with Crippen LogP contribution in [0.5, 0.6) is 0 Å². The first-order valence-electron chi connectivity index (χ1n) is 12.7. The third kappa shape index (κ3) is 7.69. The third-order valence-electron chi connectivity index (χ3n) is 6.28. The predicted molar refractivity (Wildman–Crippen MR) is 157 cm³/mol. The van der Waals surface area contributed by atoms with E-state index in [-0.39, 0.29) is 39.5 Å². The lowest BCUT2D eigenvalue weighted by Crippen LogP contribution is -2.52. The van der Waals surface area contributed by atoms with Crippen molar-refractivity contribution in [2.45, 2.75) is 43.9 Å². The van der Waals surface area contributed by atoms with Gasteiger partial charge in [0, 0.05) is 28.7 Å². The van der Waals surface area contributed by atoms with Gasteiger partial charge in [0.2, 0.25) is 11.8 Å². The average Bonchev–Trinajstić information content (AvgIpc) is 2.93. The van der Waals surface area contributed by atoms with Gasteiger partial charge in [-0.1, -0.05) is 66.0 Å². The normalized spacial score (nSPS) is 12.5. The van der Waals surface area contributed by atoms with E-state index in [1.165, 1.54) is 36.4 Å². The summed E-state index contributed by atoms with van der Waals surface area (Å²) in [5.41, 5.74) is -1.44. The van der Waals surface area contributed by atoms with Crippen molar-refractivity contribution in [2.75, 3.05) is 17.4 Å². The van der Waals surface area contributed by atoms with Crippen LogP contribution in [-0.2, 0) is 32.3 Å². The van der Waals surface area contributed by atoms with Gasteiger partial charge in [-0.05, 0) is 55.8 Å². The van der Waals surface area contributed by atoms with Gasteiger partial charge in [0.25, 0.3) is 10.0 Å². The molecule has 1 N–H and O–H groups in total. The second kappa shape index (κ2) is 14.0. The van der Waals surface area contributed by atoms with E-state index in [1.54, 1.807) is 26.0 Å². The highest BCUT2D eigenvalue weighted by Crippen LogP contribution is 2.37. The van der Waals surface area contributed by atoms with E-state index in [0.717, 1.165) is 11.0 Å². The van der Waals surface area contributed by atoms with Crippen molar-refractivity contribution in [1.82, 2.24) is 10.2 Å². The molecule has 0 unspecified atom stereocenters. The summed E-state index contributed by atoms with van der Waals surface area (Å²) < 4.78 is 69.1. The number of likely N-dealkylation sites (N-methyl/N-ethyl adjacent to an activating group) is 1. The molecule has 0 radical (unpaired) electrons. The standard InChI is InChI=1S/C28H27Cl3F3N3O4S/c1-3-24(27(39)35-4-2)36(16-20-21(29)11-8-12-22(20)30)26(38)17-37(42(40,41)19-9-6-5-7-10-19)25-15-18(28(32,33)34)13-14-23(25)31/h5-15,24H,3-4,16-17H2,1-2H3,(H,35,39)/t24-/m1/s1. The van der Waals surface area contributed by atoms with Crippen molar-refractivity contribution in [3.8, 4) is 0 Å². The van der Waals surface area contributed by atoms with Crippen LogP contribution in [0.3, 0.4) is 0 Å². The number of amides is 2. The van der Waals surface area contributed by atoms with Crippen molar-refractivity contribution in [1.29, 1.82) is 0 Å². The van der Waals surface area contributed by atoms with Crippen molar-refractivity contribution < 1.29 is 31.2 Å². The van der Waals surface area contributed by atoms with Gasteiger partial charge in [-0.15, -0.1) is 0 Å². The molecule has 0 aliphatic carbocycles. The van der Waals surface area contributed by atoms with Crippen LogP contribution in [0.25, 0.3) is 0 Å². The molecule has 0 aromatic heterocycles.